The number of carbonyl (C=O) groups is 2. The van der Waals surface area contributed by atoms with E-state index < -0.39 is 11.8 Å². The Balaban J connectivity index is 1.82. The summed E-state index contributed by atoms with van der Waals surface area (Å²) in [5.41, 5.74) is 7.16. The van der Waals surface area contributed by atoms with Gasteiger partial charge in [-0.3, -0.25) is 9.59 Å². The van der Waals surface area contributed by atoms with E-state index in [0.717, 1.165) is 5.56 Å². The quantitative estimate of drug-likeness (QED) is 0.878. The molecule has 0 unspecified atom stereocenters. The maximum atomic E-state index is 12.6. The number of primary amides is 1. The van der Waals surface area contributed by atoms with E-state index in [9.17, 15) is 14.7 Å². The molecule has 1 aliphatic heterocycles. The third-order valence-electron chi connectivity index (χ3n) is 4.05. The van der Waals surface area contributed by atoms with Gasteiger partial charge in [-0.2, -0.15) is 0 Å². The molecule has 0 bridgehead atoms. The van der Waals surface area contributed by atoms with Gasteiger partial charge in [0.05, 0.1) is 19.3 Å². The Morgan fingerprint density at radius 3 is 2.62 bits per heavy atom. The van der Waals surface area contributed by atoms with E-state index >= 15 is 0 Å². The lowest BCUT2D eigenvalue weighted by atomic mass is 10.0. The molecule has 3 rings (SSSR count). The first-order valence-electron chi connectivity index (χ1n) is 7.44. The van der Waals surface area contributed by atoms with Gasteiger partial charge in [0.2, 0.25) is 5.88 Å². The molecule has 1 aromatic heterocycles. The minimum atomic E-state index is -0.723. The van der Waals surface area contributed by atoms with Crippen molar-refractivity contribution in [3.63, 3.8) is 0 Å². The summed E-state index contributed by atoms with van der Waals surface area (Å²) in [6.07, 6.45) is 0.546. The van der Waals surface area contributed by atoms with Crippen LogP contribution in [0.15, 0.2) is 30.3 Å². The minimum Gasteiger partial charge on any atom is -0.497 e. The van der Waals surface area contributed by atoms with E-state index in [4.69, 9.17) is 10.5 Å². The molecule has 124 valence electrons. The van der Waals surface area contributed by atoms with Crippen molar-refractivity contribution < 1.29 is 19.4 Å². The number of carbonyl (C=O) groups excluding carboxylic acids is 2. The summed E-state index contributed by atoms with van der Waals surface area (Å²) in [5.74, 6) is -0.566. The van der Waals surface area contributed by atoms with Crippen molar-refractivity contribution in [3.05, 3.63) is 52.7 Å². The van der Waals surface area contributed by atoms with Crippen molar-refractivity contribution in [3.8, 4) is 11.6 Å². The number of hydrogen-bond donors (Lipinski definition) is 2. The number of ether oxygens (including phenoxy) is 1. The largest absolute Gasteiger partial charge is 0.497 e. The number of aromatic nitrogens is 1. The van der Waals surface area contributed by atoms with Crippen molar-refractivity contribution in [1.82, 2.24) is 9.88 Å². The summed E-state index contributed by atoms with van der Waals surface area (Å²) in [6, 6.07) is 8.42. The molecule has 0 saturated carbocycles. The lowest BCUT2D eigenvalue weighted by Gasteiger charge is -2.28. The second-order valence-electron chi connectivity index (χ2n) is 5.53. The highest BCUT2D eigenvalue weighted by Gasteiger charge is 2.25. The van der Waals surface area contributed by atoms with Crippen LogP contribution in [0.3, 0.4) is 0 Å². The fraction of sp³-hybridized carbons (Fsp3) is 0.235. The molecule has 0 radical (unpaired) electrons. The number of rotatable bonds is 3. The van der Waals surface area contributed by atoms with E-state index in [1.54, 1.807) is 42.3 Å². The molecule has 24 heavy (non-hydrogen) atoms. The first-order valence-corrected chi connectivity index (χ1v) is 7.44. The standard InChI is InChI=1S/C17H17N3O4/c1-24-12-4-2-10(3-5-12)17(23)20-7-6-11-8-13(15(18)21)16(22)19-14(11)9-20/h2-5,8H,6-7,9H2,1H3,(H2,18,21)(H,19,22). The molecular weight excluding hydrogens is 310 g/mol. The fourth-order valence-electron chi connectivity index (χ4n) is 2.72. The third-order valence-corrected chi connectivity index (χ3v) is 4.05. The number of nitrogens with two attached hydrogens (primary N) is 1. The molecule has 0 saturated heterocycles. The topological polar surface area (TPSA) is 106 Å². The Labute approximate surface area is 138 Å². The SMILES string of the molecule is COc1ccc(C(=O)N2CCc3cc(C(N)=O)c(O)nc3C2)cc1. The van der Waals surface area contributed by atoms with Gasteiger partial charge in [0, 0.05) is 12.1 Å². The van der Waals surface area contributed by atoms with Crippen molar-refractivity contribution in [1.29, 1.82) is 0 Å². The third kappa shape index (κ3) is 2.88. The van der Waals surface area contributed by atoms with Crippen LogP contribution in [0.2, 0.25) is 0 Å². The first-order chi connectivity index (χ1) is 11.5. The summed E-state index contributed by atoms with van der Waals surface area (Å²) >= 11 is 0. The van der Waals surface area contributed by atoms with Gasteiger partial charge in [0.25, 0.3) is 11.8 Å². The second kappa shape index (κ2) is 6.19. The Morgan fingerprint density at radius 1 is 1.29 bits per heavy atom. The van der Waals surface area contributed by atoms with Gasteiger partial charge in [-0.1, -0.05) is 0 Å². The molecule has 2 amide bonds. The predicted molar refractivity (Wildman–Crippen MR) is 85.9 cm³/mol. The van der Waals surface area contributed by atoms with E-state index in [2.05, 4.69) is 4.98 Å². The monoisotopic (exact) mass is 327 g/mol. The van der Waals surface area contributed by atoms with Crippen LogP contribution in [0.1, 0.15) is 32.0 Å². The van der Waals surface area contributed by atoms with Crippen LogP contribution in [0, 0.1) is 0 Å². The summed E-state index contributed by atoms with van der Waals surface area (Å²) < 4.78 is 5.08. The molecule has 2 aromatic rings. The van der Waals surface area contributed by atoms with Gasteiger partial charge in [-0.25, -0.2) is 4.98 Å². The van der Waals surface area contributed by atoms with Gasteiger partial charge in [-0.15, -0.1) is 0 Å². The Bertz CT molecular complexity index is 802. The lowest BCUT2D eigenvalue weighted by molar-refractivity contribution is 0.0730. The van der Waals surface area contributed by atoms with E-state index in [1.165, 1.54) is 0 Å². The van der Waals surface area contributed by atoms with Gasteiger partial charge in [0.15, 0.2) is 0 Å². The highest BCUT2D eigenvalue weighted by Crippen LogP contribution is 2.25. The summed E-state index contributed by atoms with van der Waals surface area (Å²) in [6.45, 7) is 0.773. The first kappa shape index (κ1) is 15.8. The van der Waals surface area contributed by atoms with Crippen LogP contribution in [0.4, 0.5) is 0 Å². The number of methoxy groups -OCH3 is 1. The van der Waals surface area contributed by atoms with Crippen molar-refractivity contribution >= 4 is 11.8 Å². The van der Waals surface area contributed by atoms with Crippen molar-refractivity contribution in [2.24, 2.45) is 5.73 Å². The molecule has 2 heterocycles. The number of fused-ring (bicyclic) bond motifs is 1. The number of pyridine rings is 1. The van der Waals surface area contributed by atoms with Crippen LogP contribution in [0.25, 0.3) is 0 Å². The zero-order valence-electron chi connectivity index (χ0n) is 13.2. The zero-order chi connectivity index (χ0) is 17.3. The maximum absolute atomic E-state index is 12.6. The molecule has 0 spiro atoms. The average molecular weight is 327 g/mol. The van der Waals surface area contributed by atoms with Crippen LogP contribution in [0.5, 0.6) is 11.6 Å². The van der Waals surface area contributed by atoms with Crippen LogP contribution >= 0.6 is 0 Å². The van der Waals surface area contributed by atoms with E-state index in [0.29, 0.717) is 30.0 Å². The molecule has 1 aliphatic rings. The Hall–Kier alpha value is -3.09. The van der Waals surface area contributed by atoms with Gasteiger partial charge in [0.1, 0.15) is 11.3 Å². The molecule has 7 nitrogen and oxygen atoms in total. The van der Waals surface area contributed by atoms with Gasteiger partial charge < -0.3 is 20.5 Å². The van der Waals surface area contributed by atoms with E-state index in [-0.39, 0.29) is 18.0 Å². The number of benzene rings is 1. The molecular formula is C17H17N3O4. The van der Waals surface area contributed by atoms with Crippen LogP contribution in [-0.2, 0) is 13.0 Å². The molecule has 3 N–H and O–H groups in total. The minimum absolute atomic E-state index is 0.00341. The van der Waals surface area contributed by atoms with Crippen molar-refractivity contribution in [2.45, 2.75) is 13.0 Å². The molecule has 0 atom stereocenters. The van der Waals surface area contributed by atoms with Crippen molar-refractivity contribution in [2.75, 3.05) is 13.7 Å². The average Bonchev–Trinajstić information content (AvgIpc) is 2.59. The molecule has 1 aromatic carbocycles. The highest BCUT2D eigenvalue weighted by atomic mass is 16.5. The summed E-state index contributed by atoms with van der Waals surface area (Å²) in [7, 11) is 1.57. The summed E-state index contributed by atoms with van der Waals surface area (Å²) in [5, 5.41) is 9.81. The number of amides is 2. The lowest BCUT2D eigenvalue weighted by Crippen LogP contribution is -2.36. The Morgan fingerprint density at radius 2 is 2.00 bits per heavy atom. The highest BCUT2D eigenvalue weighted by molar-refractivity contribution is 5.96. The maximum Gasteiger partial charge on any atom is 0.254 e. The summed E-state index contributed by atoms with van der Waals surface area (Å²) in [4.78, 5) is 29.5. The molecule has 7 heteroatoms. The second-order valence-corrected chi connectivity index (χ2v) is 5.53. The molecule has 0 aliphatic carbocycles. The predicted octanol–water partition coefficient (Wildman–Crippen LogP) is 1.09. The van der Waals surface area contributed by atoms with Crippen LogP contribution < -0.4 is 10.5 Å². The number of aromatic hydroxyl groups is 1. The van der Waals surface area contributed by atoms with Gasteiger partial charge in [-0.05, 0) is 42.3 Å². The van der Waals surface area contributed by atoms with E-state index in [1.807, 2.05) is 0 Å². The van der Waals surface area contributed by atoms with Crippen LogP contribution in [-0.4, -0.2) is 40.5 Å². The molecule has 0 fully saturated rings. The smallest absolute Gasteiger partial charge is 0.254 e. The number of nitrogens with zero attached hydrogens (tertiary/aromatic N) is 2. The Kier molecular flexibility index (Phi) is 4.07. The van der Waals surface area contributed by atoms with Gasteiger partial charge >= 0.3 is 0 Å². The number of hydrogen-bond acceptors (Lipinski definition) is 5. The normalized spacial score (nSPS) is 13.3. The zero-order valence-corrected chi connectivity index (χ0v) is 13.2. The fourth-order valence-corrected chi connectivity index (χ4v) is 2.72.